The summed E-state index contributed by atoms with van der Waals surface area (Å²) in [5.74, 6) is 0.590. The Hall–Kier alpha value is -0.640. The smallest absolute Gasteiger partial charge is 0.114 e. The van der Waals surface area contributed by atoms with E-state index >= 15 is 0 Å². The highest BCUT2D eigenvalue weighted by Crippen LogP contribution is 2.46. The molecule has 0 amide bonds. The van der Waals surface area contributed by atoms with E-state index in [9.17, 15) is 0 Å². The van der Waals surface area contributed by atoms with Gasteiger partial charge in [0, 0.05) is 0 Å². The topological polar surface area (TPSA) is 38.9 Å². The van der Waals surface area contributed by atoms with E-state index in [1.165, 1.54) is 12.8 Å². The molecule has 2 nitrogen and oxygen atoms in total. The molecule has 1 unspecified atom stereocenters. The van der Waals surface area contributed by atoms with Crippen molar-refractivity contribution in [1.82, 2.24) is 4.98 Å². The van der Waals surface area contributed by atoms with Crippen LogP contribution in [-0.4, -0.2) is 4.98 Å². The lowest BCUT2D eigenvalue weighted by molar-refractivity contribution is 0.426. The van der Waals surface area contributed by atoms with Gasteiger partial charge in [-0.05, 0) is 37.8 Å². The summed E-state index contributed by atoms with van der Waals surface area (Å²) in [6, 6.07) is 5.82. The van der Waals surface area contributed by atoms with Crippen LogP contribution in [0, 0.1) is 5.92 Å². The number of rotatable bonds is 2. The van der Waals surface area contributed by atoms with Gasteiger partial charge in [0.2, 0.25) is 0 Å². The number of thiazole rings is 1. The number of nitrogens with zero attached hydrogens (tertiary/aromatic N) is 1. The van der Waals surface area contributed by atoms with Crippen molar-refractivity contribution in [3.63, 3.8) is 0 Å². The Morgan fingerprint density at radius 3 is 2.88 bits per heavy atom. The molecular weight excluding hydrogens is 240 g/mol. The average Bonchev–Trinajstić information content (AvgIpc) is 2.99. The Bertz CT molecular complexity index is 543. The number of halogens is 1. The molecule has 84 valence electrons. The largest absolute Gasteiger partial charge is 0.319 e. The standard InChI is InChI=1S/C12H13ClN2S/c1-12(14,7-5-6-7)11-15-9-4-2-3-8(13)10(9)16-11/h2-4,7H,5-6,14H2,1H3. The molecule has 16 heavy (non-hydrogen) atoms. The number of hydrogen-bond acceptors (Lipinski definition) is 3. The van der Waals surface area contributed by atoms with Gasteiger partial charge in [0.25, 0.3) is 0 Å². The number of benzene rings is 1. The zero-order valence-corrected chi connectivity index (χ0v) is 10.6. The van der Waals surface area contributed by atoms with Crippen LogP contribution in [-0.2, 0) is 5.54 Å². The summed E-state index contributed by atoms with van der Waals surface area (Å²) in [6.45, 7) is 2.08. The van der Waals surface area contributed by atoms with Gasteiger partial charge in [0.1, 0.15) is 5.01 Å². The van der Waals surface area contributed by atoms with Gasteiger partial charge in [-0.25, -0.2) is 4.98 Å². The van der Waals surface area contributed by atoms with Gasteiger partial charge in [-0.1, -0.05) is 17.7 Å². The van der Waals surface area contributed by atoms with Crippen molar-refractivity contribution < 1.29 is 0 Å². The molecule has 1 aliphatic carbocycles. The molecular formula is C12H13ClN2S. The third kappa shape index (κ3) is 1.54. The molecule has 2 aromatic rings. The highest BCUT2D eigenvalue weighted by atomic mass is 35.5. The maximum atomic E-state index is 6.36. The molecule has 0 saturated heterocycles. The van der Waals surface area contributed by atoms with E-state index in [4.69, 9.17) is 17.3 Å². The summed E-state index contributed by atoms with van der Waals surface area (Å²) in [4.78, 5) is 4.62. The SMILES string of the molecule is CC(N)(c1nc2cccc(Cl)c2s1)C1CC1. The van der Waals surface area contributed by atoms with E-state index in [0.29, 0.717) is 5.92 Å². The van der Waals surface area contributed by atoms with E-state index in [1.54, 1.807) is 11.3 Å². The molecule has 1 atom stereocenters. The fourth-order valence-electron chi connectivity index (χ4n) is 2.00. The Morgan fingerprint density at radius 2 is 2.25 bits per heavy atom. The van der Waals surface area contributed by atoms with Gasteiger partial charge in [0.05, 0.1) is 20.8 Å². The second-order valence-electron chi connectivity index (χ2n) is 4.66. The van der Waals surface area contributed by atoms with Gasteiger partial charge < -0.3 is 5.73 Å². The minimum atomic E-state index is -0.285. The first-order valence-corrected chi connectivity index (χ1v) is 6.63. The maximum Gasteiger partial charge on any atom is 0.114 e. The number of aromatic nitrogens is 1. The molecule has 1 fully saturated rings. The van der Waals surface area contributed by atoms with Crippen LogP contribution in [0.25, 0.3) is 10.2 Å². The lowest BCUT2D eigenvalue weighted by Crippen LogP contribution is -2.35. The van der Waals surface area contributed by atoms with E-state index in [-0.39, 0.29) is 5.54 Å². The summed E-state index contributed by atoms with van der Waals surface area (Å²) in [5, 5.41) is 1.78. The summed E-state index contributed by atoms with van der Waals surface area (Å²) in [5.41, 5.74) is 7.04. The van der Waals surface area contributed by atoms with Crippen molar-refractivity contribution in [3.8, 4) is 0 Å². The summed E-state index contributed by atoms with van der Waals surface area (Å²) in [6.07, 6.45) is 2.44. The maximum absolute atomic E-state index is 6.36. The first kappa shape index (κ1) is 10.5. The fourth-order valence-corrected chi connectivity index (χ4v) is 3.40. The van der Waals surface area contributed by atoms with Gasteiger partial charge in [-0.15, -0.1) is 11.3 Å². The molecule has 1 saturated carbocycles. The number of hydrogen-bond donors (Lipinski definition) is 1. The molecule has 0 spiro atoms. The Balaban J connectivity index is 2.15. The highest BCUT2D eigenvalue weighted by Gasteiger charge is 2.41. The van der Waals surface area contributed by atoms with Crippen LogP contribution in [0.3, 0.4) is 0 Å². The van der Waals surface area contributed by atoms with E-state index in [0.717, 1.165) is 20.2 Å². The van der Waals surface area contributed by atoms with Crippen molar-refractivity contribution >= 4 is 33.2 Å². The van der Waals surface area contributed by atoms with E-state index in [2.05, 4.69) is 11.9 Å². The number of fused-ring (bicyclic) bond motifs is 1. The summed E-state index contributed by atoms with van der Waals surface area (Å²) in [7, 11) is 0. The molecule has 1 aromatic carbocycles. The van der Waals surface area contributed by atoms with Crippen LogP contribution in [0.4, 0.5) is 0 Å². The first-order valence-electron chi connectivity index (χ1n) is 5.43. The van der Waals surface area contributed by atoms with Crippen LogP contribution in [0.5, 0.6) is 0 Å². The van der Waals surface area contributed by atoms with Crippen molar-refractivity contribution in [2.45, 2.75) is 25.3 Å². The third-order valence-corrected chi connectivity index (χ3v) is 5.04. The van der Waals surface area contributed by atoms with Gasteiger partial charge in [-0.3, -0.25) is 0 Å². The predicted molar refractivity (Wildman–Crippen MR) is 68.9 cm³/mol. The predicted octanol–water partition coefficient (Wildman–Crippen LogP) is 3.53. The van der Waals surface area contributed by atoms with Crippen LogP contribution in [0.1, 0.15) is 24.8 Å². The van der Waals surface area contributed by atoms with Crippen molar-refractivity contribution in [3.05, 3.63) is 28.2 Å². The molecule has 4 heteroatoms. The zero-order valence-electron chi connectivity index (χ0n) is 9.03. The lowest BCUT2D eigenvalue weighted by Gasteiger charge is -2.20. The summed E-state index contributed by atoms with van der Waals surface area (Å²) < 4.78 is 1.05. The van der Waals surface area contributed by atoms with Crippen molar-refractivity contribution in [2.75, 3.05) is 0 Å². The minimum Gasteiger partial charge on any atom is -0.319 e. The molecule has 3 rings (SSSR count). The van der Waals surface area contributed by atoms with Crippen LogP contribution < -0.4 is 5.73 Å². The second-order valence-corrected chi connectivity index (χ2v) is 6.07. The Morgan fingerprint density at radius 1 is 1.50 bits per heavy atom. The molecule has 1 heterocycles. The third-order valence-electron chi connectivity index (χ3n) is 3.25. The Labute approximate surface area is 103 Å². The molecule has 0 radical (unpaired) electrons. The molecule has 0 bridgehead atoms. The Kier molecular flexibility index (Phi) is 2.25. The van der Waals surface area contributed by atoms with E-state index < -0.39 is 0 Å². The minimum absolute atomic E-state index is 0.285. The molecule has 0 aliphatic heterocycles. The van der Waals surface area contributed by atoms with Crippen LogP contribution in [0.15, 0.2) is 18.2 Å². The molecule has 1 aliphatic rings. The van der Waals surface area contributed by atoms with Gasteiger partial charge in [-0.2, -0.15) is 0 Å². The van der Waals surface area contributed by atoms with Crippen molar-refractivity contribution in [2.24, 2.45) is 11.7 Å². The fraction of sp³-hybridized carbons (Fsp3) is 0.417. The average molecular weight is 253 g/mol. The molecule has 1 aromatic heterocycles. The quantitative estimate of drug-likeness (QED) is 0.888. The zero-order chi connectivity index (χ0) is 11.3. The molecule has 2 N–H and O–H groups in total. The first-order chi connectivity index (χ1) is 7.59. The van der Waals surface area contributed by atoms with Crippen LogP contribution in [0.2, 0.25) is 5.02 Å². The van der Waals surface area contributed by atoms with Crippen molar-refractivity contribution in [1.29, 1.82) is 0 Å². The van der Waals surface area contributed by atoms with E-state index in [1.807, 2.05) is 18.2 Å². The monoisotopic (exact) mass is 252 g/mol. The lowest BCUT2D eigenvalue weighted by atomic mass is 9.99. The van der Waals surface area contributed by atoms with Gasteiger partial charge >= 0.3 is 0 Å². The summed E-state index contributed by atoms with van der Waals surface area (Å²) >= 11 is 7.78. The second kappa shape index (κ2) is 3.42. The van der Waals surface area contributed by atoms with Gasteiger partial charge in [0.15, 0.2) is 0 Å². The van der Waals surface area contributed by atoms with Crippen LogP contribution >= 0.6 is 22.9 Å². The normalized spacial score (nSPS) is 19.9. The number of nitrogens with two attached hydrogens (primary N) is 1. The highest BCUT2D eigenvalue weighted by molar-refractivity contribution is 7.19.